The molecule has 2 aliphatic heterocycles. The number of para-hydroxylation sites is 1. The van der Waals surface area contributed by atoms with E-state index in [9.17, 15) is 9.59 Å². The van der Waals surface area contributed by atoms with Crippen molar-refractivity contribution >= 4 is 17.4 Å². The second-order valence-corrected chi connectivity index (χ2v) is 6.83. The Morgan fingerprint density at radius 1 is 1.08 bits per heavy atom. The minimum absolute atomic E-state index is 0.00545. The maximum Gasteiger partial charge on any atom is 0.228 e. The van der Waals surface area contributed by atoms with E-state index in [2.05, 4.69) is 34.5 Å². The maximum atomic E-state index is 11.7. The van der Waals surface area contributed by atoms with Crippen LogP contribution in [-0.2, 0) is 22.4 Å². The van der Waals surface area contributed by atoms with E-state index in [-0.39, 0.29) is 24.2 Å². The summed E-state index contributed by atoms with van der Waals surface area (Å²) < 4.78 is 5.87. The highest BCUT2D eigenvalue weighted by Crippen LogP contribution is 2.27. The molecular formula is C21H22N2O3. The number of carbonyl (C=O) groups is 2. The second-order valence-electron chi connectivity index (χ2n) is 6.83. The van der Waals surface area contributed by atoms with Crippen LogP contribution in [0.5, 0.6) is 5.75 Å². The van der Waals surface area contributed by atoms with E-state index in [1.165, 1.54) is 11.3 Å². The fraction of sp³-hybridized carbons (Fsp3) is 0.333. The van der Waals surface area contributed by atoms with Crippen molar-refractivity contribution in [3.8, 4) is 5.75 Å². The van der Waals surface area contributed by atoms with E-state index in [1.807, 2.05) is 24.3 Å². The maximum absolute atomic E-state index is 11.7. The molecule has 0 aliphatic carbocycles. The molecule has 0 saturated carbocycles. The summed E-state index contributed by atoms with van der Waals surface area (Å²) in [6.45, 7) is 2.54. The lowest BCUT2D eigenvalue weighted by Crippen LogP contribution is -2.31. The number of benzene rings is 2. The molecule has 2 aliphatic rings. The van der Waals surface area contributed by atoms with Crippen LogP contribution in [0.2, 0.25) is 0 Å². The van der Waals surface area contributed by atoms with Gasteiger partial charge < -0.3 is 15.0 Å². The van der Waals surface area contributed by atoms with Crippen LogP contribution in [0.25, 0.3) is 0 Å². The number of fused-ring (bicyclic) bond motifs is 1. The second kappa shape index (κ2) is 7.20. The minimum atomic E-state index is -0.385. The minimum Gasteiger partial charge on any atom is -0.492 e. The van der Waals surface area contributed by atoms with Gasteiger partial charge in [-0.25, -0.2) is 0 Å². The zero-order valence-corrected chi connectivity index (χ0v) is 14.6. The van der Waals surface area contributed by atoms with Crippen molar-refractivity contribution in [1.82, 2.24) is 5.32 Å². The molecule has 0 spiro atoms. The first-order valence-electron chi connectivity index (χ1n) is 9.06. The molecular weight excluding hydrogens is 328 g/mol. The molecule has 5 heteroatoms. The summed E-state index contributed by atoms with van der Waals surface area (Å²) in [7, 11) is 0. The van der Waals surface area contributed by atoms with E-state index < -0.39 is 0 Å². The SMILES string of the molecule is O=C1CC(=O)C(Cc2ccc(OCCN3CCc4ccccc43)cc2)N1. The van der Waals surface area contributed by atoms with Crippen molar-refractivity contribution in [2.45, 2.75) is 25.3 Å². The largest absolute Gasteiger partial charge is 0.492 e. The van der Waals surface area contributed by atoms with Crippen molar-refractivity contribution in [2.24, 2.45) is 0 Å². The van der Waals surface area contributed by atoms with Crippen LogP contribution in [-0.4, -0.2) is 37.4 Å². The van der Waals surface area contributed by atoms with E-state index >= 15 is 0 Å². The van der Waals surface area contributed by atoms with Gasteiger partial charge in [0.05, 0.1) is 19.0 Å². The van der Waals surface area contributed by atoms with Crippen LogP contribution >= 0.6 is 0 Å². The van der Waals surface area contributed by atoms with Gasteiger partial charge in [-0.05, 0) is 42.2 Å². The Labute approximate surface area is 153 Å². The fourth-order valence-electron chi connectivity index (χ4n) is 3.64. The Morgan fingerprint density at radius 3 is 2.65 bits per heavy atom. The molecule has 0 aromatic heterocycles. The Bertz CT molecular complexity index is 816. The first kappa shape index (κ1) is 16.6. The van der Waals surface area contributed by atoms with Gasteiger partial charge in [0, 0.05) is 12.2 Å². The van der Waals surface area contributed by atoms with Gasteiger partial charge in [-0.3, -0.25) is 9.59 Å². The Hall–Kier alpha value is -2.82. The number of amides is 1. The zero-order chi connectivity index (χ0) is 17.9. The lowest BCUT2D eigenvalue weighted by molar-refractivity contribution is -0.122. The van der Waals surface area contributed by atoms with Gasteiger partial charge in [0.2, 0.25) is 5.91 Å². The van der Waals surface area contributed by atoms with Gasteiger partial charge in [0.25, 0.3) is 0 Å². The molecule has 2 aromatic carbocycles. The number of hydrogen-bond donors (Lipinski definition) is 1. The predicted octanol–water partition coefficient (Wildman–Crippen LogP) is 2.13. The van der Waals surface area contributed by atoms with Gasteiger partial charge in [-0.1, -0.05) is 30.3 Å². The molecule has 1 unspecified atom stereocenters. The molecule has 1 fully saturated rings. The molecule has 2 heterocycles. The molecule has 4 rings (SSSR count). The van der Waals surface area contributed by atoms with Crippen molar-refractivity contribution in [3.63, 3.8) is 0 Å². The highest BCUT2D eigenvalue weighted by molar-refractivity contribution is 6.07. The number of carbonyl (C=O) groups excluding carboxylic acids is 2. The smallest absolute Gasteiger partial charge is 0.228 e. The standard InChI is InChI=1S/C21H22N2O3/c24-20-14-21(25)22-18(20)13-15-5-7-17(8-6-15)26-12-11-23-10-9-16-3-1-2-4-19(16)23/h1-8,18H,9-14H2,(H,22,25). The molecule has 134 valence electrons. The lowest BCUT2D eigenvalue weighted by atomic mass is 10.0. The van der Waals surface area contributed by atoms with Crippen molar-refractivity contribution in [3.05, 3.63) is 59.7 Å². The molecule has 1 atom stereocenters. The van der Waals surface area contributed by atoms with Gasteiger partial charge in [-0.2, -0.15) is 0 Å². The van der Waals surface area contributed by atoms with Gasteiger partial charge >= 0.3 is 0 Å². The Kier molecular flexibility index (Phi) is 4.61. The quantitative estimate of drug-likeness (QED) is 0.811. The molecule has 1 N–H and O–H groups in total. The number of rotatable bonds is 6. The number of nitrogens with zero attached hydrogens (tertiary/aromatic N) is 1. The number of anilines is 1. The Balaban J connectivity index is 1.27. The number of hydrogen-bond acceptors (Lipinski definition) is 4. The molecule has 5 nitrogen and oxygen atoms in total. The van der Waals surface area contributed by atoms with Crippen LogP contribution in [0.3, 0.4) is 0 Å². The van der Waals surface area contributed by atoms with Crippen molar-refractivity contribution < 1.29 is 14.3 Å². The fourth-order valence-corrected chi connectivity index (χ4v) is 3.64. The molecule has 2 aromatic rings. The van der Waals surface area contributed by atoms with E-state index in [0.717, 1.165) is 30.8 Å². The zero-order valence-electron chi connectivity index (χ0n) is 14.6. The Morgan fingerprint density at radius 2 is 1.88 bits per heavy atom. The van der Waals surface area contributed by atoms with Gasteiger partial charge in [0.1, 0.15) is 12.4 Å². The highest BCUT2D eigenvalue weighted by Gasteiger charge is 2.29. The first-order chi connectivity index (χ1) is 12.7. The van der Waals surface area contributed by atoms with Crippen LogP contribution in [0.1, 0.15) is 17.5 Å². The third kappa shape index (κ3) is 3.57. The van der Waals surface area contributed by atoms with Crippen LogP contribution in [0.15, 0.2) is 48.5 Å². The normalized spacial score (nSPS) is 18.8. The van der Waals surface area contributed by atoms with Gasteiger partial charge in [0.15, 0.2) is 5.78 Å². The van der Waals surface area contributed by atoms with Crippen molar-refractivity contribution in [1.29, 1.82) is 0 Å². The molecule has 26 heavy (non-hydrogen) atoms. The van der Waals surface area contributed by atoms with Crippen LogP contribution < -0.4 is 15.0 Å². The lowest BCUT2D eigenvalue weighted by Gasteiger charge is -2.19. The monoisotopic (exact) mass is 350 g/mol. The van der Waals surface area contributed by atoms with E-state index in [4.69, 9.17) is 4.74 Å². The summed E-state index contributed by atoms with van der Waals surface area (Å²) >= 11 is 0. The summed E-state index contributed by atoms with van der Waals surface area (Å²) in [4.78, 5) is 25.3. The molecule has 1 amide bonds. The summed E-state index contributed by atoms with van der Waals surface area (Å²) in [6, 6.07) is 15.9. The average Bonchev–Trinajstić information content (AvgIpc) is 3.19. The average molecular weight is 350 g/mol. The third-order valence-electron chi connectivity index (χ3n) is 5.04. The number of Topliss-reactive ketones (excluding diaryl/α,β-unsaturated/α-hetero) is 1. The number of nitrogens with one attached hydrogen (secondary N) is 1. The number of ketones is 1. The molecule has 0 bridgehead atoms. The highest BCUT2D eigenvalue weighted by atomic mass is 16.5. The summed E-state index contributed by atoms with van der Waals surface area (Å²) in [5, 5.41) is 2.72. The predicted molar refractivity (Wildman–Crippen MR) is 99.6 cm³/mol. The van der Waals surface area contributed by atoms with E-state index in [0.29, 0.717) is 13.0 Å². The van der Waals surface area contributed by atoms with E-state index in [1.54, 1.807) is 0 Å². The van der Waals surface area contributed by atoms with Crippen molar-refractivity contribution in [2.75, 3.05) is 24.6 Å². The topological polar surface area (TPSA) is 58.6 Å². The molecule has 0 radical (unpaired) electrons. The molecule has 1 saturated heterocycles. The summed E-state index contributed by atoms with van der Waals surface area (Å²) in [5.41, 5.74) is 3.74. The first-order valence-corrected chi connectivity index (χ1v) is 9.06. The van der Waals surface area contributed by atoms with Crippen LogP contribution in [0, 0.1) is 0 Å². The summed E-state index contributed by atoms with van der Waals surface area (Å²) in [5.74, 6) is 0.618. The van der Waals surface area contributed by atoms with Gasteiger partial charge in [-0.15, -0.1) is 0 Å². The third-order valence-corrected chi connectivity index (χ3v) is 5.04. The summed E-state index contributed by atoms with van der Waals surface area (Å²) in [6.07, 6.45) is 1.64. The van der Waals surface area contributed by atoms with Crippen LogP contribution in [0.4, 0.5) is 5.69 Å². The number of ether oxygens (including phenoxy) is 1.